The summed E-state index contributed by atoms with van der Waals surface area (Å²) < 4.78 is 44.0. The molecule has 1 aromatic heterocycles. The fraction of sp³-hybridized carbons (Fsp3) is 0.0625. The molecule has 1 amide bonds. The summed E-state index contributed by atoms with van der Waals surface area (Å²) in [6.45, 7) is 0. The van der Waals surface area contributed by atoms with Gasteiger partial charge in [0.05, 0.1) is 11.3 Å². The number of nitrogens with one attached hydrogen (secondary N) is 1. The van der Waals surface area contributed by atoms with Crippen LogP contribution in [0.25, 0.3) is 11.5 Å². The highest BCUT2D eigenvalue weighted by Gasteiger charge is 2.34. The molecule has 25 heavy (non-hydrogen) atoms. The van der Waals surface area contributed by atoms with Gasteiger partial charge in [0.2, 0.25) is 5.89 Å². The molecule has 0 atom stereocenters. The Morgan fingerprint density at radius 3 is 2.40 bits per heavy atom. The fourth-order valence-electron chi connectivity index (χ4n) is 2.04. The minimum Gasteiger partial charge on any atom is -0.412 e. The second-order valence-corrected chi connectivity index (χ2v) is 5.35. The molecule has 0 unspecified atom stereocenters. The van der Waals surface area contributed by atoms with Gasteiger partial charge in [0.1, 0.15) is 0 Å². The van der Waals surface area contributed by atoms with Crippen LogP contribution >= 0.6 is 11.6 Å². The molecule has 0 aliphatic heterocycles. The third kappa shape index (κ3) is 3.80. The number of hydrogen-bond acceptors (Lipinski definition) is 4. The minimum absolute atomic E-state index is 0.0472. The molecule has 0 fully saturated rings. The molecule has 0 aliphatic carbocycles. The van der Waals surface area contributed by atoms with Crippen molar-refractivity contribution in [1.29, 1.82) is 0 Å². The second kappa shape index (κ2) is 6.56. The largest absolute Gasteiger partial charge is 0.418 e. The summed E-state index contributed by atoms with van der Waals surface area (Å²) in [5.74, 6) is -1.35. The number of anilines is 1. The number of aromatic nitrogens is 2. The second-order valence-electron chi connectivity index (χ2n) is 4.92. The van der Waals surface area contributed by atoms with Crippen molar-refractivity contribution < 1.29 is 22.4 Å². The van der Waals surface area contributed by atoms with Crippen LogP contribution in [0.2, 0.25) is 5.02 Å². The van der Waals surface area contributed by atoms with Gasteiger partial charge < -0.3 is 9.73 Å². The van der Waals surface area contributed by atoms with Crippen LogP contribution in [0.15, 0.2) is 52.9 Å². The normalized spacial score (nSPS) is 11.4. The number of carbonyl (C=O) groups is 1. The van der Waals surface area contributed by atoms with Gasteiger partial charge in [-0.15, -0.1) is 10.2 Å². The van der Waals surface area contributed by atoms with Gasteiger partial charge in [-0.2, -0.15) is 13.2 Å². The Balaban J connectivity index is 1.83. The Labute approximate surface area is 144 Å². The lowest BCUT2D eigenvalue weighted by molar-refractivity contribution is -0.136. The number of halogens is 4. The maximum absolute atomic E-state index is 12.9. The smallest absolute Gasteiger partial charge is 0.412 e. The van der Waals surface area contributed by atoms with E-state index >= 15 is 0 Å². The van der Waals surface area contributed by atoms with Crippen molar-refractivity contribution in [1.82, 2.24) is 10.2 Å². The van der Waals surface area contributed by atoms with Crippen molar-refractivity contribution in [2.75, 3.05) is 5.32 Å². The van der Waals surface area contributed by atoms with Crippen LogP contribution in [0.1, 0.15) is 16.2 Å². The van der Waals surface area contributed by atoms with E-state index in [1.165, 1.54) is 12.1 Å². The molecule has 5 nitrogen and oxygen atoms in total. The van der Waals surface area contributed by atoms with Crippen molar-refractivity contribution in [2.45, 2.75) is 6.18 Å². The molecule has 0 radical (unpaired) electrons. The molecule has 1 N–H and O–H groups in total. The summed E-state index contributed by atoms with van der Waals surface area (Å²) >= 11 is 5.77. The van der Waals surface area contributed by atoms with Crippen molar-refractivity contribution in [3.05, 3.63) is 65.0 Å². The van der Waals surface area contributed by atoms with E-state index < -0.39 is 29.2 Å². The number of nitrogens with zero attached hydrogens (tertiary/aromatic N) is 2. The standard InChI is InChI=1S/C16H9ClF3N3O2/c17-10-7-5-9(6-8-10)14-22-23-15(25-14)13(24)21-12-4-2-1-3-11(12)16(18,19)20/h1-8H,(H,21,24). The first kappa shape index (κ1) is 17.0. The number of amides is 1. The van der Waals surface area contributed by atoms with Gasteiger partial charge in [-0.1, -0.05) is 23.7 Å². The molecule has 9 heteroatoms. The van der Waals surface area contributed by atoms with Crippen LogP contribution in [0.4, 0.5) is 18.9 Å². The number of hydrogen-bond donors (Lipinski definition) is 1. The summed E-state index contributed by atoms with van der Waals surface area (Å²) in [6.07, 6.45) is -4.60. The number of rotatable bonds is 3. The van der Waals surface area contributed by atoms with Crippen LogP contribution in [0, 0.1) is 0 Å². The monoisotopic (exact) mass is 367 g/mol. The zero-order valence-electron chi connectivity index (χ0n) is 12.3. The van der Waals surface area contributed by atoms with Crippen molar-refractivity contribution >= 4 is 23.2 Å². The zero-order valence-corrected chi connectivity index (χ0v) is 13.1. The van der Waals surface area contributed by atoms with Crippen LogP contribution in [0.5, 0.6) is 0 Å². The van der Waals surface area contributed by atoms with Gasteiger partial charge in [0, 0.05) is 10.6 Å². The Morgan fingerprint density at radius 2 is 1.72 bits per heavy atom. The van der Waals surface area contributed by atoms with Gasteiger partial charge in [-0.3, -0.25) is 4.79 Å². The molecule has 0 aliphatic rings. The van der Waals surface area contributed by atoms with E-state index in [2.05, 4.69) is 15.5 Å². The Bertz CT molecular complexity index is 907. The van der Waals surface area contributed by atoms with E-state index in [0.29, 0.717) is 10.6 Å². The third-order valence-corrected chi connectivity index (χ3v) is 3.44. The van der Waals surface area contributed by atoms with Gasteiger partial charge >= 0.3 is 18.0 Å². The highest BCUT2D eigenvalue weighted by molar-refractivity contribution is 6.30. The van der Waals surface area contributed by atoms with Crippen molar-refractivity contribution in [3.8, 4) is 11.5 Å². The number of benzene rings is 2. The van der Waals surface area contributed by atoms with Crippen LogP contribution in [0.3, 0.4) is 0 Å². The molecular weight excluding hydrogens is 359 g/mol. The molecule has 0 bridgehead atoms. The molecule has 0 saturated heterocycles. The van der Waals surface area contributed by atoms with Crippen LogP contribution in [-0.4, -0.2) is 16.1 Å². The van der Waals surface area contributed by atoms with Gasteiger partial charge in [-0.25, -0.2) is 0 Å². The Hall–Kier alpha value is -2.87. The molecule has 3 aromatic rings. The van der Waals surface area contributed by atoms with Crippen LogP contribution < -0.4 is 5.32 Å². The number of carbonyl (C=O) groups excluding carboxylic acids is 1. The average Bonchev–Trinajstić information content (AvgIpc) is 3.05. The van der Waals surface area contributed by atoms with E-state index in [1.54, 1.807) is 24.3 Å². The Morgan fingerprint density at radius 1 is 1.04 bits per heavy atom. The molecular formula is C16H9ClF3N3O2. The summed E-state index contributed by atoms with van der Waals surface area (Å²) in [5.41, 5.74) is -0.848. The average molecular weight is 368 g/mol. The van der Waals surface area contributed by atoms with Gasteiger partial charge in [-0.05, 0) is 36.4 Å². The molecule has 1 heterocycles. The predicted molar refractivity (Wildman–Crippen MR) is 84.1 cm³/mol. The predicted octanol–water partition coefficient (Wildman–Crippen LogP) is 4.66. The molecule has 128 valence electrons. The van der Waals surface area contributed by atoms with E-state index in [4.69, 9.17) is 16.0 Å². The third-order valence-electron chi connectivity index (χ3n) is 3.19. The lowest BCUT2D eigenvalue weighted by Gasteiger charge is -2.12. The van der Waals surface area contributed by atoms with Crippen molar-refractivity contribution in [3.63, 3.8) is 0 Å². The van der Waals surface area contributed by atoms with Gasteiger partial charge in [0.25, 0.3) is 0 Å². The summed E-state index contributed by atoms with van der Waals surface area (Å²) in [6, 6.07) is 11.0. The molecule has 2 aromatic carbocycles. The van der Waals surface area contributed by atoms with E-state index in [0.717, 1.165) is 12.1 Å². The molecule has 0 saturated carbocycles. The first-order valence-electron chi connectivity index (χ1n) is 6.91. The topological polar surface area (TPSA) is 68.0 Å². The minimum atomic E-state index is -4.60. The number of para-hydroxylation sites is 1. The van der Waals surface area contributed by atoms with E-state index in [1.807, 2.05) is 0 Å². The SMILES string of the molecule is O=C(Nc1ccccc1C(F)(F)F)c1nnc(-c2ccc(Cl)cc2)o1. The first-order valence-corrected chi connectivity index (χ1v) is 7.29. The summed E-state index contributed by atoms with van der Waals surface area (Å²) in [4.78, 5) is 12.1. The lowest BCUT2D eigenvalue weighted by Crippen LogP contribution is -2.16. The van der Waals surface area contributed by atoms with Crippen molar-refractivity contribution in [2.24, 2.45) is 0 Å². The van der Waals surface area contributed by atoms with E-state index in [9.17, 15) is 18.0 Å². The molecule has 3 rings (SSSR count). The van der Waals surface area contributed by atoms with Crippen LogP contribution in [-0.2, 0) is 6.18 Å². The maximum Gasteiger partial charge on any atom is 0.418 e. The lowest BCUT2D eigenvalue weighted by atomic mass is 10.1. The zero-order chi connectivity index (χ0) is 18.0. The number of alkyl halides is 3. The quantitative estimate of drug-likeness (QED) is 0.731. The highest BCUT2D eigenvalue weighted by Crippen LogP contribution is 2.34. The first-order chi connectivity index (χ1) is 11.8. The highest BCUT2D eigenvalue weighted by atomic mass is 35.5. The Kier molecular flexibility index (Phi) is 4.45. The van der Waals surface area contributed by atoms with E-state index in [-0.39, 0.29) is 5.89 Å². The summed E-state index contributed by atoms with van der Waals surface area (Å²) in [7, 11) is 0. The molecule has 0 spiro atoms. The fourth-order valence-corrected chi connectivity index (χ4v) is 2.17. The summed E-state index contributed by atoms with van der Waals surface area (Å²) in [5, 5.41) is 9.90. The maximum atomic E-state index is 12.9. The van der Waals surface area contributed by atoms with Gasteiger partial charge in [0.15, 0.2) is 0 Å².